The van der Waals surface area contributed by atoms with E-state index in [-0.39, 0.29) is 11.6 Å². The fourth-order valence-electron chi connectivity index (χ4n) is 2.07. The number of benzene rings is 2. The lowest BCUT2D eigenvalue weighted by Crippen LogP contribution is -2.08. The highest BCUT2D eigenvalue weighted by molar-refractivity contribution is 5.77. The number of para-hydroxylation sites is 1. The highest BCUT2D eigenvalue weighted by Gasteiger charge is 2.05. The molecule has 3 aromatic rings. The molecular weight excluding hydrogens is 252 g/mol. The molecule has 20 heavy (non-hydrogen) atoms. The zero-order chi connectivity index (χ0) is 13.9. The SMILES string of the molecule is Cc1ccccc1CNc1nc2ccccc2c(=O)o1. The van der Waals surface area contributed by atoms with Gasteiger partial charge in [0, 0.05) is 6.54 Å². The first-order valence-electron chi connectivity index (χ1n) is 6.42. The second-order valence-corrected chi connectivity index (χ2v) is 4.60. The highest BCUT2D eigenvalue weighted by atomic mass is 16.4. The van der Waals surface area contributed by atoms with Crippen molar-refractivity contribution in [3.05, 3.63) is 70.1 Å². The predicted octanol–water partition coefficient (Wildman–Crippen LogP) is 3.11. The molecule has 1 heterocycles. The van der Waals surface area contributed by atoms with Crippen LogP contribution < -0.4 is 10.9 Å². The largest absolute Gasteiger partial charge is 0.389 e. The number of nitrogens with one attached hydrogen (secondary N) is 1. The lowest BCUT2D eigenvalue weighted by Gasteiger charge is -2.07. The van der Waals surface area contributed by atoms with Crippen molar-refractivity contribution in [2.75, 3.05) is 5.32 Å². The first-order valence-corrected chi connectivity index (χ1v) is 6.42. The van der Waals surface area contributed by atoms with Crippen molar-refractivity contribution in [3.63, 3.8) is 0 Å². The van der Waals surface area contributed by atoms with E-state index in [1.165, 1.54) is 5.56 Å². The average Bonchev–Trinajstić information content (AvgIpc) is 2.46. The van der Waals surface area contributed by atoms with Crippen LogP contribution in [0, 0.1) is 6.92 Å². The number of aromatic nitrogens is 1. The molecule has 0 bridgehead atoms. The quantitative estimate of drug-likeness (QED) is 0.791. The van der Waals surface area contributed by atoms with E-state index in [0.717, 1.165) is 5.56 Å². The molecule has 0 aliphatic rings. The van der Waals surface area contributed by atoms with E-state index >= 15 is 0 Å². The van der Waals surface area contributed by atoms with Crippen LogP contribution >= 0.6 is 0 Å². The molecular formula is C16H14N2O2. The van der Waals surface area contributed by atoms with E-state index in [0.29, 0.717) is 17.4 Å². The topological polar surface area (TPSA) is 55.1 Å². The molecule has 0 saturated carbocycles. The predicted molar refractivity (Wildman–Crippen MR) is 78.8 cm³/mol. The number of hydrogen-bond donors (Lipinski definition) is 1. The summed E-state index contributed by atoms with van der Waals surface area (Å²) in [6.07, 6.45) is 0. The molecule has 0 saturated heterocycles. The van der Waals surface area contributed by atoms with Crippen LogP contribution in [-0.4, -0.2) is 4.98 Å². The molecule has 0 unspecified atom stereocenters. The standard InChI is InChI=1S/C16H14N2O2/c1-11-6-2-3-7-12(11)10-17-16-18-14-9-5-4-8-13(14)15(19)20-16/h2-9H,10H2,1H3,(H,17,18). The van der Waals surface area contributed by atoms with Gasteiger partial charge in [-0.05, 0) is 30.2 Å². The zero-order valence-corrected chi connectivity index (χ0v) is 11.1. The minimum Gasteiger partial charge on any atom is -0.389 e. The van der Waals surface area contributed by atoms with Crippen LogP contribution in [0.25, 0.3) is 10.9 Å². The zero-order valence-electron chi connectivity index (χ0n) is 11.1. The summed E-state index contributed by atoms with van der Waals surface area (Å²) >= 11 is 0. The lowest BCUT2D eigenvalue weighted by atomic mass is 10.1. The van der Waals surface area contributed by atoms with Crippen LogP contribution in [0.3, 0.4) is 0 Å². The summed E-state index contributed by atoms with van der Waals surface area (Å²) in [6, 6.07) is 15.4. The third-order valence-corrected chi connectivity index (χ3v) is 3.23. The number of aryl methyl sites for hydroxylation is 1. The third-order valence-electron chi connectivity index (χ3n) is 3.23. The maximum Gasteiger partial charge on any atom is 0.348 e. The van der Waals surface area contributed by atoms with Crippen molar-refractivity contribution in [2.24, 2.45) is 0 Å². The number of hydrogen-bond acceptors (Lipinski definition) is 4. The number of rotatable bonds is 3. The van der Waals surface area contributed by atoms with E-state index in [4.69, 9.17) is 4.42 Å². The minimum atomic E-state index is -0.372. The Balaban J connectivity index is 1.88. The molecule has 2 aromatic carbocycles. The van der Waals surface area contributed by atoms with Gasteiger partial charge in [0.2, 0.25) is 0 Å². The molecule has 0 spiro atoms. The number of anilines is 1. The molecule has 0 fully saturated rings. The Morgan fingerprint density at radius 2 is 1.85 bits per heavy atom. The first-order chi connectivity index (χ1) is 9.74. The fourth-order valence-corrected chi connectivity index (χ4v) is 2.07. The average molecular weight is 266 g/mol. The highest BCUT2D eigenvalue weighted by Crippen LogP contribution is 2.12. The van der Waals surface area contributed by atoms with Crippen molar-refractivity contribution in [2.45, 2.75) is 13.5 Å². The first kappa shape index (κ1) is 12.4. The summed E-state index contributed by atoms with van der Waals surface area (Å²) < 4.78 is 5.17. The maximum absolute atomic E-state index is 11.8. The number of fused-ring (bicyclic) bond motifs is 1. The van der Waals surface area contributed by atoms with Crippen molar-refractivity contribution >= 4 is 16.9 Å². The van der Waals surface area contributed by atoms with Gasteiger partial charge in [-0.1, -0.05) is 36.4 Å². The van der Waals surface area contributed by atoms with Crippen molar-refractivity contribution in [1.82, 2.24) is 4.98 Å². The molecule has 0 atom stereocenters. The molecule has 0 aliphatic carbocycles. The van der Waals surface area contributed by atoms with Gasteiger partial charge >= 0.3 is 5.63 Å². The van der Waals surface area contributed by atoms with Crippen molar-refractivity contribution in [3.8, 4) is 0 Å². The van der Waals surface area contributed by atoms with Gasteiger partial charge in [0.15, 0.2) is 0 Å². The summed E-state index contributed by atoms with van der Waals surface area (Å²) in [4.78, 5) is 16.1. The molecule has 4 nitrogen and oxygen atoms in total. The van der Waals surface area contributed by atoms with Crippen molar-refractivity contribution < 1.29 is 4.42 Å². The van der Waals surface area contributed by atoms with Gasteiger partial charge in [0.25, 0.3) is 6.01 Å². The molecule has 0 amide bonds. The van der Waals surface area contributed by atoms with Crippen LogP contribution in [0.1, 0.15) is 11.1 Å². The van der Waals surface area contributed by atoms with Crippen molar-refractivity contribution in [1.29, 1.82) is 0 Å². The molecule has 1 aromatic heterocycles. The molecule has 0 radical (unpaired) electrons. The van der Waals surface area contributed by atoms with Gasteiger partial charge in [-0.2, -0.15) is 4.98 Å². The van der Waals surface area contributed by atoms with E-state index in [1.54, 1.807) is 18.2 Å². The Hall–Kier alpha value is -2.62. The molecule has 0 aliphatic heterocycles. The molecule has 100 valence electrons. The lowest BCUT2D eigenvalue weighted by molar-refractivity contribution is 0.516. The van der Waals surface area contributed by atoms with E-state index < -0.39 is 0 Å². The van der Waals surface area contributed by atoms with Crippen LogP contribution in [-0.2, 0) is 6.54 Å². The van der Waals surface area contributed by atoms with Crippen LogP contribution in [0.15, 0.2) is 57.7 Å². The van der Waals surface area contributed by atoms with E-state index in [1.807, 2.05) is 37.3 Å². The third kappa shape index (κ3) is 2.40. The maximum atomic E-state index is 11.8. The Morgan fingerprint density at radius 3 is 2.70 bits per heavy atom. The van der Waals surface area contributed by atoms with Gasteiger partial charge in [-0.3, -0.25) is 0 Å². The minimum absolute atomic E-state index is 0.247. The summed E-state index contributed by atoms with van der Waals surface area (Å²) in [7, 11) is 0. The monoisotopic (exact) mass is 266 g/mol. The normalized spacial score (nSPS) is 10.7. The van der Waals surface area contributed by atoms with Gasteiger partial charge in [0.05, 0.1) is 10.9 Å². The van der Waals surface area contributed by atoms with Gasteiger partial charge < -0.3 is 9.73 Å². The van der Waals surface area contributed by atoms with Gasteiger partial charge in [-0.25, -0.2) is 4.79 Å². The summed E-state index contributed by atoms with van der Waals surface area (Å²) in [5.74, 6) is 0. The fraction of sp³-hybridized carbons (Fsp3) is 0.125. The summed E-state index contributed by atoms with van der Waals surface area (Å²) in [5.41, 5.74) is 2.59. The Kier molecular flexibility index (Phi) is 3.21. The van der Waals surface area contributed by atoms with Crippen LogP contribution in [0.4, 0.5) is 6.01 Å². The summed E-state index contributed by atoms with van der Waals surface area (Å²) in [6.45, 7) is 2.61. The van der Waals surface area contributed by atoms with E-state index in [9.17, 15) is 4.79 Å². The van der Waals surface area contributed by atoms with Gasteiger partial charge in [-0.15, -0.1) is 0 Å². The van der Waals surface area contributed by atoms with Gasteiger partial charge in [0.1, 0.15) is 0 Å². The number of nitrogens with zero attached hydrogens (tertiary/aromatic N) is 1. The molecule has 3 rings (SSSR count). The van der Waals surface area contributed by atoms with Crippen LogP contribution in [0.2, 0.25) is 0 Å². The summed E-state index contributed by atoms with van der Waals surface area (Å²) in [5, 5.41) is 3.55. The molecule has 1 N–H and O–H groups in total. The Morgan fingerprint density at radius 1 is 1.10 bits per heavy atom. The smallest absolute Gasteiger partial charge is 0.348 e. The van der Waals surface area contributed by atoms with E-state index in [2.05, 4.69) is 10.3 Å². The van der Waals surface area contributed by atoms with Crippen LogP contribution in [0.5, 0.6) is 0 Å². The Labute approximate surface area is 116 Å². The second kappa shape index (κ2) is 5.17. The second-order valence-electron chi connectivity index (χ2n) is 4.60. The molecule has 4 heteroatoms. The Bertz CT molecular complexity index is 809.